The van der Waals surface area contributed by atoms with Gasteiger partial charge in [0.2, 0.25) is 10.0 Å². The Balaban J connectivity index is 3.25. The first-order valence-corrected chi connectivity index (χ1v) is 7.23. The minimum Gasteiger partial charge on any atom is -0.207 e. The number of rotatable bonds is 6. The van der Waals surface area contributed by atoms with E-state index in [4.69, 9.17) is 11.6 Å². The molecule has 0 fully saturated rings. The Morgan fingerprint density at radius 1 is 1.28 bits per heavy atom. The lowest BCUT2D eigenvalue weighted by Gasteiger charge is -2.19. The summed E-state index contributed by atoms with van der Waals surface area (Å²) in [5, 5.41) is 0.230. The van der Waals surface area contributed by atoms with Crippen molar-refractivity contribution in [1.29, 1.82) is 0 Å². The molecular weight excluding hydrogens is 270 g/mol. The first-order chi connectivity index (χ1) is 8.43. The van der Waals surface area contributed by atoms with Crippen molar-refractivity contribution in [2.24, 2.45) is 0 Å². The van der Waals surface area contributed by atoms with Crippen LogP contribution in [0.3, 0.4) is 0 Å². The van der Waals surface area contributed by atoms with Crippen LogP contribution in [-0.4, -0.2) is 25.8 Å². The summed E-state index contributed by atoms with van der Waals surface area (Å²) >= 11 is 6.00. The second kappa shape index (κ2) is 6.18. The van der Waals surface area contributed by atoms with Crippen LogP contribution in [0.15, 0.2) is 48.4 Å². The van der Waals surface area contributed by atoms with E-state index < -0.39 is 10.0 Å². The molecule has 0 radical (unpaired) electrons. The van der Waals surface area contributed by atoms with Gasteiger partial charge in [-0.15, -0.1) is 13.2 Å². The highest BCUT2D eigenvalue weighted by Gasteiger charge is 2.24. The highest BCUT2D eigenvalue weighted by Crippen LogP contribution is 2.25. The van der Waals surface area contributed by atoms with Crippen molar-refractivity contribution >= 4 is 21.6 Å². The first-order valence-electron chi connectivity index (χ1n) is 5.41. The smallest absolute Gasteiger partial charge is 0.207 e. The van der Waals surface area contributed by atoms with Crippen LogP contribution in [0.25, 0.3) is 0 Å². The molecule has 0 aromatic heterocycles. The van der Waals surface area contributed by atoms with Crippen molar-refractivity contribution in [2.45, 2.75) is 11.8 Å². The van der Waals surface area contributed by atoms with Crippen molar-refractivity contribution in [3.05, 3.63) is 54.1 Å². The SMILES string of the molecule is C=CCN(CC=C)S(=O)(=O)c1ccc(C)cc1Cl. The maximum Gasteiger partial charge on any atom is 0.245 e. The van der Waals surface area contributed by atoms with E-state index in [1.165, 1.54) is 22.5 Å². The van der Waals surface area contributed by atoms with Crippen LogP contribution < -0.4 is 0 Å². The van der Waals surface area contributed by atoms with Gasteiger partial charge in [0.15, 0.2) is 0 Å². The van der Waals surface area contributed by atoms with Crippen molar-refractivity contribution < 1.29 is 8.42 Å². The van der Waals surface area contributed by atoms with Crippen LogP contribution in [0.4, 0.5) is 0 Å². The number of aryl methyl sites for hydroxylation is 1. The van der Waals surface area contributed by atoms with Crippen molar-refractivity contribution in [2.75, 3.05) is 13.1 Å². The lowest BCUT2D eigenvalue weighted by Crippen LogP contribution is -2.31. The van der Waals surface area contributed by atoms with E-state index >= 15 is 0 Å². The van der Waals surface area contributed by atoms with E-state index in [0.717, 1.165) is 5.56 Å². The quantitative estimate of drug-likeness (QED) is 0.754. The Kier molecular flexibility index (Phi) is 5.14. The van der Waals surface area contributed by atoms with E-state index in [1.54, 1.807) is 12.1 Å². The van der Waals surface area contributed by atoms with Gasteiger partial charge < -0.3 is 0 Å². The number of hydrogen-bond donors (Lipinski definition) is 0. The largest absolute Gasteiger partial charge is 0.245 e. The lowest BCUT2D eigenvalue weighted by atomic mass is 10.2. The molecule has 18 heavy (non-hydrogen) atoms. The minimum absolute atomic E-state index is 0.110. The highest BCUT2D eigenvalue weighted by atomic mass is 35.5. The van der Waals surface area contributed by atoms with Crippen LogP contribution in [-0.2, 0) is 10.0 Å². The van der Waals surface area contributed by atoms with Crippen molar-refractivity contribution in [3.8, 4) is 0 Å². The zero-order valence-electron chi connectivity index (χ0n) is 10.3. The van der Waals surface area contributed by atoms with Crippen molar-refractivity contribution in [3.63, 3.8) is 0 Å². The van der Waals surface area contributed by atoms with Gasteiger partial charge in [0.25, 0.3) is 0 Å². The Hall–Kier alpha value is -1.10. The molecule has 1 aromatic carbocycles. The fourth-order valence-electron chi connectivity index (χ4n) is 1.51. The molecule has 0 aliphatic rings. The molecular formula is C13H16ClNO2S. The Morgan fingerprint density at radius 2 is 1.83 bits per heavy atom. The minimum atomic E-state index is -3.61. The molecule has 1 rings (SSSR count). The molecule has 0 aliphatic heterocycles. The second-order valence-electron chi connectivity index (χ2n) is 3.83. The third-order valence-corrected chi connectivity index (χ3v) is 4.69. The molecule has 0 heterocycles. The summed E-state index contributed by atoms with van der Waals surface area (Å²) in [6.07, 6.45) is 3.06. The number of halogens is 1. The molecule has 0 N–H and O–H groups in total. The topological polar surface area (TPSA) is 37.4 Å². The predicted octanol–water partition coefficient (Wildman–Crippen LogP) is 3.01. The summed E-state index contributed by atoms with van der Waals surface area (Å²) in [7, 11) is -3.61. The van der Waals surface area contributed by atoms with Gasteiger partial charge in [0.05, 0.1) is 5.02 Å². The van der Waals surface area contributed by atoms with Crippen LogP contribution in [0.5, 0.6) is 0 Å². The summed E-state index contributed by atoms with van der Waals surface area (Å²) in [6, 6.07) is 4.87. The molecule has 0 saturated carbocycles. The van der Waals surface area contributed by atoms with Gasteiger partial charge in [0, 0.05) is 13.1 Å². The van der Waals surface area contributed by atoms with E-state index in [9.17, 15) is 8.42 Å². The second-order valence-corrected chi connectivity index (χ2v) is 6.15. The number of sulfonamides is 1. The van der Waals surface area contributed by atoms with Gasteiger partial charge in [-0.25, -0.2) is 8.42 Å². The normalized spacial score (nSPS) is 11.5. The van der Waals surface area contributed by atoms with Crippen LogP contribution in [0.1, 0.15) is 5.56 Å². The van der Waals surface area contributed by atoms with E-state index in [1.807, 2.05) is 6.92 Å². The van der Waals surface area contributed by atoms with Crippen LogP contribution in [0, 0.1) is 6.92 Å². The fraction of sp³-hybridized carbons (Fsp3) is 0.231. The maximum absolute atomic E-state index is 12.4. The molecule has 0 atom stereocenters. The first kappa shape index (κ1) is 15.0. The average Bonchev–Trinajstić information content (AvgIpc) is 2.28. The highest BCUT2D eigenvalue weighted by molar-refractivity contribution is 7.89. The molecule has 0 aliphatic carbocycles. The standard InChI is InChI=1S/C13H16ClNO2S/c1-4-8-15(9-5-2)18(16,17)13-7-6-11(3)10-12(13)14/h4-7,10H,1-2,8-9H2,3H3. The molecule has 0 saturated heterocycles. The molecule has 0 amide bonds. The maximum atomic E-state index is 12.4. The third kappa shape index (κ3) is 3.22. The number of hydrogen-bond acceptors (Lipinski definition) is 2. The van der Waals surface area contributed by atoms with Gasteiger partial charge in [-0.3, -0.25) is 0 Å². The lowest BCUT2D eigenvalue weighted by molar-refractivity contribution is 0.474. The summed E-state index contributed by atoms with van der Waals surface area (Å²) in [6.45, 7) is 9.40. The summed E-state index contributed by atoms with van der Waals surface area (Å²) in [5.41, 5.74) is 0.915. The van der Waals surface area contributed by atoms with Crippen LogP contribution >= 0.6 is 11.6 Å². The zero-order valence-corrected chi connectivity index (χ0v) is 11.8. The number of benzene rings is 1. The van der Waals surface area contributed by atoms with Crippen LogP contribution in [0.2, 0.25) is 5.02 Å². The van der Waals surface area contributed by atoms with Gasteiger partial charge in [0.1, 0.15) is 4.90 Å². The van der Waals surface area contributed by atoms with Gasteiger partial charge in [-0.2, -0.15) is 4.31 Å². The van der Waals surface area contributed by atoms with E-state index in [0.29, 0.717) is 0 Å². The zero-order chi connectivity index (χ0) is 13.8. The molecule has 0 unspecified atom stereocenters. The van der Waals surface area contributed by atoms with E-state index in [2.05, 4.69) is 13.2 Å². The average molecular weight is 286 g/mol. The van der Waals surface area contributed by atoms with Crippen molar-refractivity contribution in [1.82, 2.24) is 4.31 Å². The molecule has 3 nitrogen and oxygen atoms in total. The molecule has 0 bridgehead atoms. The molecule has 98 valence electrons. The molecule has 0 spiro atoms. The number of nitrogens with zero attached hydrogens (tertiary/aromatic N) is 1. The Labute approximate surface area is 113 Å². The van der Waals surface area contributed by atoms with Gasteiger partial charge in [-0.05, 0) is 24.6 Å². The van der Waals surface area contributed by atoms with Gasteiger partial charge in [-0.1, -0.05) is 29.8 Å². The summed E-state index contributed by atoms with van der Waals surface area (Å²) < 4.78 is 26.0. The third-order valence-electron chi connectivity index (χ3n) is 2.37. The predicted molar refractivity (Wildman–Crippen MR) is 75.3 cm³/mol. The molecule has 1 aromatic rings. The van der Waals surface area contributed by atoms with Gasteiger partial charge >= 0.3 is 0 Å². The summed E-state index contributed by atoms with van der Waals surface area (Å²) in [4.78, 5) is 0.110. The monoisotopic (exact) mass is 285 g/mol. The summed E-state index contributed by atoms with van der Waals surface area (Å²) in [5.74, 6) is 0. The van der Waals surface area contributed by atoms with E-state index in [-0.39, 0.29) is 23.0 Å². The fourth-order valence-corrected chi connectivity index (χ4v) is 3.47. The Morgan fingerprint density at radius 3 is 2.28 bits per heavy atom. The Bertz CT molecular complexity index is 542. The molecule has 5 heteroatoms.